The van der Waals surface area contributed by atoms with E-state index >= 15 is 0 Å². The minimum atomic E-state index is -0.510. The highest BCUT2D eigenvalue weighted by Crippen LogP contribution is 2.20. The molecule has 1 amide bonds. The average Bonchev–Trinajstić information content (AvgIpc) is 2.51. The Morgan fingerprint density at radius 1 is 1.45 bits per heavy atom. The third-order valence-electron chi connectivity index (χ3n) is 3.98. The van der Waals surface area contributed by atoms with Gasteiger partial charge < -0.3 is 10.1 Å². The van der Waals surface area contributed by atoms with Gasteiger partial charge in [0.1, 0.15) is 5.82 Å². The van der Waals surface area contributed by atoms with Gasteiger partial charge in [-0.25, -0.2) is 4.39 Å². The van der Waals surface area contributed by atoms with E-state index < -0.39 is 12.0 Å². The lowest BCUT2D eigenvalue weighted by atomic mass is 9.98. The number of hydrogen-bond acceptors (Lipinski definition) is 4. The number of halogens is 1. The highest BCUT2D eigenvalue weighted by atomic mass is 19.1. The molecule has 0 unspecified atom stereocenters. The van der Waals surface area contributed by atoms with Crippen LogP contribution in [0, 0.1) is 5.82 Å². The van der Waals surface area contributed by atoms with Crippen LogP contribution in [0.5, 0.6) is 0 Å². The van der Waals surface area contributed by atoms with Crippen molar-refractivity contribution in [3.63, 3.8) is 0 Å². The fourth-order valence-electron chi connectivity index (χ4n) is 2.69. The van der Waals surface area contributed by atoms with Crippen LogP contribution < -0.4 is 5.32 Å². The van der Waals surface area contributed by atoms with Gasteiger partial charge in [0, 0.05) is 19.6 Å². The summed E-state index contributed by atoms with van der Waals surface area (Å²) in [5, 5.41) is 2.77. The fraction of sp³-hybridized carbons (Fsp3) is 0.500. The van der Waals surface area contributed by atoms with Crippen molar-refractivity contribution in [3.8, 4) is 0 Å². The van der Waals surface area contributed by atoms with Crippen molar-refractivity contribution in [1.82, 2.24) is 10.2 Å². The topological polar surface area (TPSA) is 58.6 Å². The van der Waals surface area contributed by atoms with Crippen molar-refractivity contribution in [3.05, 3.63) is 35.6 Å². The number of hydrogen-bond donors (Lipinski definition) is 1. The molecule has 2 atom stereocenters. The summed E-state index contributed by atoms with van der Waals surface area (Å²) < 4.78 is 17.7. The summed E-state index contributed by atoms with van der Waals surface area (Å²) in [6, 6.07) is 5.85. The Morgan fingerprint density at radius 2 is 2.14 bits per heavy atom. The van der Waals surface area contributed by atoms with Crippen molar-refractivity contribution >= 4 is 11.9 Å². The van der Waals surface area contributed by atoms with Crippen LogP contribution in [0.15, 0.2) is 24.3 Å². The van der Waals surface area contributed by atoms with Gasteiger partial charge >= 0.3 is 5.97 Å². The number of amides is 1. The number of esters is 1. The van der Waals surface area contributed by atoms with Crippen molar-refractivity contribution < 1.29 is 18.7 Å². The van der Waals surface area contributed by atoms with Gasteiger partial charge in [-0.2, -0.15) is 0 Å². The number of piperazine rings is 1. The SMILES string of the molecule is COC(=O)C[C@@H]1C(=O)NCCN1C[C@@H](C)c1ccc(F)cc1. The first-order valence-corrected chi connectivity index (χ1v) is 7.35. The molecule has 2 rings (SSSR count). The molecule has 1 aliphatic heterocycles. The first-order valence-electron chi connectivity index (χ1n) is 7.35. The predicted molar refractivity (Wildman–Crippen MR) is 79.8 cm³/mol. The molecule has 0 saturated carbocycles. The van der Waals surface area contributed by atoms with E-state index in [0.717, 1.165) is 5.56 Å². The maximum absolute atomic E-state index is 13.0. The van der Waals surface area contributed by atoms with Crippen LogP contribution in [0.4, 0.5) is 4.39 Å². The predicted octanol–water partition coefficient (Wildman–Crippen LogP) is 1.29. The lowest BCUT2D eigenvalue weighted by Crippen LogP contribution is -2.56. The molecule has 22 heavy (non-hydrogen) atoms. The van der Waals surface area contributed by atoms with Crippen molar-refractivity contribution in [2.24, 2.45) is 0 Å². The molecule has 5 nitrogen and oxygen atoms in total. The van der Waals surface area contributed by atoms with E-state index in [1.54, 1.807) is 12.1 Å². The van der Waals surface area contributed by atoms with E-state index in [1.807, 2.05) is 11.8 Å². The molecule has 1 aromatic rings. The van der Waals surface area contributed by atoms with Crippen LogP contribution in [0.3, 0.4) is 0 Å². The Hall–Kier alpha value is -1.95. The number of carbonyl (C=O) groups is 2. The Labute approximate surface area is 129 Å². The van der Waals surface area contributed by atoms with Crippen LogP contribution in [0.1, 0.15) is 24.8 Å². The van der Waals surface area contributed by atoms with E-state index in [1.165, 1.54) is 19.2 Å². The molecule has 1 saturated heterocycles. The van der Waals surface area contributed by atoms with Gasteiger partial charge in [0.25, 0.3) is 0 Å². The van der Waals surface area contributed by atoms with Gasteiger partial charge in [-0.15, -0.1) is 0 Å². The minimum absolute atomic E-state index is 0.0401. The zero-order valence-electron chi connectivity index (χ0n) is 12.8. The van der Waals surface area contributed by atoms with Gasteiger partial charge in [-0.1, -0.05) is 19.1 Å². The Balaban J connectivity index is 2.05. The summed E-state index contributed by atoms with van der Waals surface area (Å²) in [5.74, 6) is -0.687. The molecule has 0 bridgehead atoms. The van der Waals surface area contributed by atoms with Crippen LogP contribution in [0.2, 0.25) is 0 Å². The molecule has 0 spiro atoms. The number of ether oxygens (including phenoxy) is 1. The number of benzene rings is 1. The standard InChI is InChI=1S/C16H21FN2O3/c1-11(12-3-5-13(17)6-4-12)10-19-8-7-18-16(21)14(19)9-15(20)22-2/h3-6,11,14H,7-10H2,1-2H3,(H,18,21)/t11-,14-/m1/s1. The van der Waals surface area contributed by atoms with Crippen LogP contribution in [-0.2, 0) is 14.3 Å². The number of rotatable bonds is 5. The molecular formula is C16H21FN2O3. The van der Waals surface area contributed by atoms with Gasteiger partial charge in [-0.05, 0) is 23.6 Å². The Kier molecular flexibility index (Phi) is 5.49. The number of methoxy groups -OCH3 is 1. The maximum Gasteiger partial charge on any atom is 0.307 e. The summed E-state index contributed by atoms with van der Waals surface area (Å²) in [6.45, 7) is 3.89. The second-order valence-corrected chi connectivity index (χ2v) is 5.53. The summed E-state index contributed by atoms with van der Waals surface area (Å²) >= 11 is 0. The quantitative estimate of drug-likeness (QED) is 0.833. The largest absolute Gasteiger partial charge is 0.469 e. The second-order valence-electron chi connectivity index (χ2n) is 5.53. The maximum atomic E-state index is 13.0. The average molecular weight is 308 g/mol. The van der Waals surface area contributed by atoms with Gasteiger partial charge in [0.2, 0.25) is 5.91 Å². The number of nitrogens with zero attached hydrogens (tertiary/aromatic N) is 1. The lowest BCUT2D eigenvalue weighted by molar-refractivity contribution is -0.146. The van der Waals surface area contributed by atoms with Gasteiger partial charge in [0.05, 0.1) is 19.6 Å². The summed E-state index contributed by atoms with van der Waals surface area (Å²) in [5.41, 5.74) is 1.00. The Morgan fingerprint density at radius 3 is 2.77 bits per heavy atom. The molecule has 1 heterocycles. The monoisotopic (exact) mass is 308 g/mol. The van der Waals surface area contributed by atoms with Crippen molar-refractivity contribution in [1.29, 1.82) is 0 Å². The fourth-order valence-corrected chi connectivity index (χ4v) is 2.69. The first-order chi connectivity index (χ1) is 10.5. The molecular weight excluding hydrogens is 287 g/mol. The highest BCUT2D eigenvalue weighted by Gasteiger charge is 2.32. The molecule has 6 heteroatoms. The third-order valence-corrected chi connectivity index (χ3v) is 3.98. The molecule has 120 valence electrons. The van der Waals surface area contributed by atoms with E-state index in [2.05, 4.69) is 10.1 Å². The second kappa shape index (κ2) is 7.35. The van der Waals surface area contributed by atoms with Crippen molar-refractivity contribution in [2.75, 3.05) is 26.7 Å². The molecule has 1 N–H and O–H groups in total. The molecule has 1 fully saturated rings. The summed E-state index contributed by atoms with van der Waals surface area (Å²) in [4.78, 5) is 25.5. The van der Waals surface area contributed by atoms with Gasteiger partial charge in [-0.3, -0.25) is 14.5 Å². The number of carbonyl (C=O) groups excluding carboxylic acids is 2. The summed E-state index contributed by atoms with van der Waals surface area (Å²) in [6.07, 6.45) is 0.0401. The third kappa shape index (κ3) is 4.04. The molecule has 0 aliphatic carbocycles. The lowest BCUT2D eigenvalue weighted by Gasteiger charge is -2.36. The first kappa shape index (κ1) is 16.4. The highest BCUT2D eigenvalue weighted by molar-refractivity contribution is 5.87. The minimum Gasteiger partial charge on any atom is -0.469 e. The van der Waals surface area contributed by atoms with Gasteiger partial charge in [0.15, 0.2) is 0 Å². The molecule has 0 aromatic heterocycles. The molecule has 1 aliphatic rings. The smallest absolute Gasteiger partial charge is 0.307 e. The van der Waals surface area contributed by atoms with E-state index in [4.69, 9.17) is 0 Å². The zero-order valence-corrected chi connectivity index (χ0v) is 12.8. The van der Waals surface area contributed by atoms with Crippen molar-refractivity contribution in [2.45, 2.75) is 25.3 Å². The van der Waals surface area contributed by atoms with E-state index in [-0.39, 0.29) is 24.1 Å². The van der Waals surface area contributed by atoms with E-state index in [9.17, 15) is 14.0 Å². The molecule has 0 radical (unpaired) electrons. The van der Waals surface area contributed by atoms with Crippen LogP contribution in [0.25, 0.3) is 0 Å². The number of nitrogens with one attached hydrogen (secondary N) is 1. The van der Waals surface area contributed by atoms with E-state index in [0.29, 0.717) is 19.6 Å². The summed E-state index contributed by atoms with van der Waals surface area (Å²) in [7, 11) is 1.31. The zero-order chi connectivity index (χ0) is 16.1. The van der Waals surface area contributed by atoms with Crippen LogP contribution >= 0.6 is 0 Å². The van der Waals surface area contributed by atoms with Crippen LogP contribution in [-0.4, -0.2) is 49.6 Å². The normalized spacial score (nSPS) is 20.3. The Bertz CT molecular complexity index is 533. The molecule has 1 aromatic carbocycles.